The van der Waals surface area contributed by atoms with Gasteiger partial charge < -0.3 is 30.2 Å². The molecule has 0 bridgehead atoms. The fourth-order valence-electron chi connectivity index (χ4n) is 3.54. The number of carbonyl (C=O) groups is 1. The number of halogens is 1. The van der Waals surface area contributed by atoms with Gasteiger partial charge in [-0.15, -0.1) is 0 Å². The average Bonchev–Trinajstić information content (AvgIpc) is 3.60. The van der Waals surface area contributed by atoms with Crippen molar-refractivity contribution in [2.24, 2.45) is 11.3 Å². The minimum Gasteiger partial charge on any atom is -0.481 e. The Kier molecular flexibility index (Phi) is 7.92. The molecule has 2 aliphatic rings. The lowest BCUT2D eigenvalue weighted by Crippen LogP contribution is -2.42. The lowest BCUT2D eigenvalue weighted by Gasteiger charge is -2.33. The van der Waals surface area contributed by atoms with E-state index < -0.39 is 17.7 Å². The van der Waals surface area contributed by atoms with Crippen molar-refractivity contribution in [3.05, 3.63) is 48.2 Å². The number of aliphatic carboxylic acids is 1. The Morgan fingerprint density at radius 2 is 1.83 bits per heavy atom. The summed E-state index contributed by atoms with van der Waals surface area (Å²) in [7, 11) is 3.75. The zero-order valence-corrected chi connectivity index (χ0v) is 20.5. The van der Waals surface area contributed by atoms with Crippen LogP contribution in [-0.4, -0.2) is 64.9 Å². The molecule has 3 heterocycles. The first-order chi connectivity index (χ1) is 17.3. The summed E-state index contributed by atoms with van der Waals surface area (Å²) in [6.45, 7) is 2.37. The molecule has 0 radical (unpaired) electrons. The van der Waals surface area contributed by atoms with Crippen molar-refractivity contribution in [3.63, 3.8) is 0 Å². The van der Waals surface area contributed by atoms with E-state index >= 15 is 0 Å². The fraction of sp³-hybridized carbons (Fsp3) is 0.440. The second-order valence-electron chi connectivity index (χ2n) is 9.26. The van der Waals surface area contributed by atoms with Crippen molar-refractivity contribution in [2.45, 2.75) is 26.1 Å². The molecule has 192 valence electrons. The molecule has 1 aromatic carbocycles. The molecule has 4 N–H and O–H groups in total. The second-order valence-corrected chi connectivity index (χ2v) is 9.26. The van der Waals surface area contributed by atoms with E-state index in [1.54, 1.807) is 31.3 Å². The minimum absolute atomic E-state index is 0.0162. The Morgan fingerprint density at radius 3 is 2.44 bits per heavy atom. The summed E-state index contributed by atoms with van der Waals surface area (Å²) in [5, 5.41) is 15.4. The summed E-state index contributed by atoms with van der Waals surface area (Å²) >= 11 is 0. The van der Waals surface area contributed by atoms with E-state index in [9.17, 15) is 14.3 Å². The van der Waals surface area contributed by atoms with Crippen LogP contribution < -0.4 is 10.6 Å². The summed E-state index contributed by atoms with van der Waals surface area (Å²) in [6.07, 6.45) is 3.24. The van der Waals surface area contributed by atoms with Crippen molar-refractivity contribution in [2.75, 3.05) is 39.2 Å². The van der Waals surface area contributed by atoms with Gasteiger partial charge in [-0.3, -0.25) is 4.79 Å². The number of carboxylic acid groups (broad SMARTS) is 1. The van der Waals surface area contributed by atoms with E-state index in [4.69, 9.17) is 9.47 Å². The molecule has 2 aromatic heterocycles. The topological polar surface area (TPSA) is 134 Å². The van der Waals surface area contributed by atoms with Crippen molar-refractivity contribution in [1.29, 1.82) is 0 Å². The standard InChI is InChI=1S/C23H24FN5O4.C2H7N/c1-23(21(30)31)11-32-20(33-12-23)19-28-17(14-4-6-15(24)7-5-14)18(29-19)16-8-9-25-22(27-16)26-10-13-2-3-13;1-3-2/h4-9,13,20H,2-3,10-12H2,1H3,(H,28,29)(H,30,31)(H,25,26,27);3H,1-2H3. The van der Waals surface area contributed by atoms with Gasteiger partial charge in [-0.1, -0.05) is 0 Å². The van der Waals surface area contributed by atoms with Gasteiger partial charge in [0.25, 0.3) is 0 Å². The van der Waals surface area contributed by atoms with Crippen LogP contribution in [0.1, 0.15) is 31.9 Å². The van der Waals surface area contributed by atoms with Crippen LogP contribution >= 0.6 is 0 Å². The Balaban J connectivity index is 0.000000967. The van der Waals surface area contributed by atoms with Gasteiger partial charge in [0.1, 0.15) is 11.2 Å². The predicted molar refractivity (Wildman–Crippen MR) is 132 cm³/mol. The fourth-order valence-corrected chi connectivity index (χ4v) is 3.54. The van der Waals surface area contributed by atoms with Gasteiger partial charge in [0.05, 0.1) is 30.3 Å². The number of hydrogen-bond acceptors (Lipinski definition) is 8. The lowest BCUT2D eigenvalue weighted by molar-refractivity contribution is -0.236. The summed E-state index contributed by atoms with van der Waals surface area (Å²) in [5.41, 5.74) is 1.32. The van der Waals surface area contributed by atoms with E-state index in [-0.39, 0.29) is 19.0 Å². The average molecular weight is 499 g/mol. The normalized spacial score (nSPS) is 21.4. The zero-order chi connectivity index (χ0) is 25.7. The third kappa shape index (κ3) is 6.04. The van der Waals surface area contributed by atoms with Gasteiger partial charge in [-0.25, -0.2) is 19.3 Å². The van der Waals surface area contributed by atoms with Gasteiger partial charge in [0, 0.05) is 18.3 Å². The highest BCUT2D eigenvalue weighted by Crippen LogP contribution is 2.35. The third-order valence-corrected chi connectivity index (χ3v) is 5.84. The first-order valence-corrected chi connectivity index (χ1v) is 11.8. The Morgan fingerprint density at radius 1 is 1.17 bits per heavy atom. The predicted octanol–water partition coefficient (Wildman–Crippen LogP) is 3.47. The molecule has 10 nitrogen and oxygen atoms in total. The highest BCUT2D eigenvalue weighted by molar-refractivity contribution is 5.77. The molecule has 0 spiro atoms. The number of benzene rings is 1. The Labute approximate surface area is 208 Å². The number of ether oxygens (including phenoxy) is 2. The molecule has 2 fully saturated rings. The molecule has 3 aromatic rings. The molecule has 1 aliphatic carbocycles. The van der Waals surface area contributed by atoms with E-state index in [1.807, 2.05) is 14.1 Å². The third-order valence-electron chi connectivity index (χ3n) is 5.84. The van der Waals surface area contributed by atoms with Gasteiger partial charge >= 0.3 is 5.97 Å². The second kappa shape index (κ2) is 11.1. The van der Waals surface area contributed by atoms with E-state index in [0.29, 0.717) is 40.3 Å². The molecule has 1 saturated heterocycles. The van der Waals surface area contributed by atoms with Crippen molar-refractivity contribution >= 4 is 11.9 Å². The zero-order valence-electron chi connectivity index (χ0n) is 20.5. The summed E-state index contributed by atoms with van der Waals surface area (Å²) in [5.74, 6) is 0.227. The van der Waals surface area contributed by atoms with Crippen molar-refractivity contribution < 1.29 is 23.8 Å². The number of H-pyrrole nitrogens is 1. The van der Waals surface area contributed by atoms with Crippen LogP contribution in [0.4, 0.5) is 10.3 Å². The number of nitrogens with one attached hydrogen (secondary N) is 3. The molecule has 36 heavy (non-hydrogen) atoms. The highest BCUT2D eigenvalue weighted by atomic mass is 19.1. The van der Waals surface area contributed by atoms with E-state index in [0.717, 1.165) is 6.54 Å². The largest absolute Gasteiger partial charge is 0.481 e. The molecule has 1 saturated carbocycles. The molecule has 0 atom stereocenters. The smallest absolute Gasteiger partial charge is 0.314 e. The summed E-state index contributed by atoms with van der Waals surface area (Å²) in [6, 6.07) is 7.76. The first-order valence-electron chi connectivity index (χ1n) is 11.8. The van der Waals surface area contributed by atoms with Crippen LogP contribution in [0, 0.1) is 17.2 Å². The number of hydrogen-bond donors (Lipinski definition) is 4. The van der Waals surface area contributed by atoms with Gasteiger partial charge in [0.15, 0.2) is 5.82 Å². The number of anilines is 1. The van der Waals surface area contributed by atoms with Crippen molar-refractivity contribution in [1.82, 2.24) is 25.3 Å². The Hall–Kier alpha value is -3.41. The van der Waals surface area contributed by atoms with Gasteiger partial charge in [-0.05, 0) is 70.1 Å². The monoisotopic (exact) mass is 498 g/mol. The molecular formula is C25H31FN6O4. The minimum atomic E-state index is -1.12. The molecule has 5 rings (SSSR count). The Bertz CT molecular complexity index is 1170. The van der Waals surface area contributed by atoms with E-state index in [2.05, 4.69) is 30.6 Å². The SMILES string of the molecule is CC1(C(=O)O)COC(c2nc(-c3ccc(F)cc3)c(-c3ccnc(NCC4CC4)n3)[nH]2)OC1.CNC. The molecule has 0 amide bonds. The molecule has 0 unspecified atom stereocenters. The highest BCUT2D eigenvalue weighted by Gasteiger charge is 2.41. The van der Waals surface area contributed by atoms with Crippen LogP contribution in [-0.2, 0) is 14.3 Å². The summed E-state index contributed by atoms with van der Waals surface area (Å²) < 4.78 is 24.9. The maximum atomic E-state index is 13.5. The van der Waals surface area contributed by atoms with Crippen LogP contribution in [0.15, 0.2) is 36.5 Å². The van der Waals surface area contributed by atoms with Crippen LogP contribution in [0.3, 0.4) is 0 Å². The maximum absolute atomic E-state index is 13.5. The number of aromatic nitrogens is 4. The van der Waals surface area contributed by atoms with Gasteiger partial charge in [-0.2, -0.15) is 0 Å². The van der Waals surface area contributed by atoms with Crippen LogP contribution in [0.5, 0.6) is 0 Å². The summed E-state index contributed by atoms with van der Waals surface area (Å²) in [4.78, 5) is 28.3. The van der Waals surface area contributed by atoms with Gasteiger partial charge in [0.2, 0.25) is 12.2 Å². The van der Waals surface area contributed by atoms with E-state index in [1.165, 1.54) is 25.0 Å². The number of aromatic amines is 1. The van der Waals surface area contributed by atoms with Crippen LogP contribution in [0.25, 0.3) is 22.6 Å². The molecule has 11 heteroatoms. The number of imidazole rings is 1. The molecular weight excluding hydrogens is 467 g/mol. The van der Waals surface area contributed by atoms with Crippen LogP contribution in [0.2, 0.25) is 0 Å². The number of rotatable bonds is 7. The first kappa shape index (κ1) is 25.7. The quantitative estimate of drug-likeness (QED) is 0.386. The number of nitrogens with zero attached hydrogens (tertiary/aromatic N) is 3. The number of carboxylic acids is 1. The molecule has 1 aliphatic heterocycles. The maximum Gasteiger partial charge on any atom is 0.314 e. The van der Waals surface area contributed by atoms with Crippen molar-refractivity contribution in [3.8, 4) is 22.6 Å². The lowest BCUT2D eigenvalue weighted by atomic mass is 9.92.